The number of benzene rings is 2. The highest BCUT2D eigenvalue weighted by molar-refractivity contribution is 5.82. The molecule has 1 saturated heterocycles. The molecular weight excluding hydrogens is 352 g/mol. The van der Waals surface area contributed by atoms with Crippen molar-refractivity contribution in [1.29, 1.82) is 0 Å². The predicted molar refractivity (Wildman–Crippen MR) is 111 cm³/mol. The summed E-state index contributed by atoms with van der Waals surface area (Å²) in [6.45, 7) is 5.91. The fraction of sp³-hybridized carbons (Fsp3) is 0.364. The van der Waals surface area contributed by atoms with Crippen LogP contribution in [0.1, 0.15) is 12.0 Å². The van der Waals surface area contributed by atoms with Gasteiger partial charge in [0.1, 0.15) is 5.75 Å². The minimum Gasteiger partial charge on any atom is -0.497 e. The zero-order valence-electron chi connectivity index (χ0n) is 16.5. The maximum Gasteiger partial charge on any atom is 0.224 e. The van der Waals surface area contributed by atoms with Crippen molar-refractivity contribution in [1.82, 2.24) is 14.7 Å². The summed E-state index contributed by atoms with van der Waals surface area (Å²) in [5.41, 5.74) is 3.49. The van der Waals surface area contributed by atoms with Crippen LogP contribution >= 0.6 is 0 Å². The molecule has 0 unspecified atom stereocenters. The number of carbonyl (C=O) groups excluding carboxylic acids is 1. The molecule has 146 valence electrons. The highest BCUT2D eigenvalue weighted by Crippen LogP contribution is 2.21. The molecule has 6 heteroatoms. The number of methoxy groups -OCH3 is 1. The van der Waals surface area contributed by atoms with Gasteiger partial charge >= 0.3 is 0 Å². The van der Waals surface area contributed by atoms with Crippen molar-refractivity contribution in [3.63, 3.8) is 0 Å². The quantitative estimate of drug-likeness (QED) is 0.685. The normalized spacial score (nSPS) is 14.5. The average Bonchev–Trinajstić information content (AvgIpc) is 3.17. The van der Waals surface area contributed by atoms with Crippen molar-refractivity contribution in [2.24, 2.45) is 0 Å². The fourth-order valence-electron chi connectivity index (χ4n) is 3.86. The van der Waals surface area contributed by atoms with E-state index in [4.69, 9.17) is 4.74 Å². The van der Waals surface area contributed by atoms with Gasteiger partial charge in [0.2, 0.25) is 5.91 Å². The maximum atomic E-state index is 12.7. The monoisotopic (exact) mass is 378 g/mol. The Hall–Kier alpha value is -3.02. The number of anilines is 1. The van der Waals surface area contributed by atoms with Crippen molar-refractivity contribution in [2.75, 3.05) is 38.2 Å². The Morgan fingerprint density at radius 2 is 1.82 bits per heavy atom. The van der Waals surface area contributed by atoms with E-state index in [1.165, 1.54) is 11.3 Å². The molecule has 2 heterocycles. The second kappa shape index (κ2) is 7.92. The van der Waals surface area contributed by atoms with Gasteiger partial charge in [-0.25, -0.2) is 0 Å². The van der Waals surface area contributed by atoms with Gasteiger partial charge in [-0.15, -0.1) is 0 Å². The first kappa shape index (κ1) is 18.3. The van der Waals surface area contributed by atoms with Crippen LogP contribution in [0.3, 0.4) is 0 Å². The summed E-state index contributed by atoms with van der Waals surface area (Å²) in [6, 6.07) is 14.3. The SMILES string of the molecule is COc1ccc(N2CCN(C(=O)CCn3ncc4cccc(C)c43)CC2)cc1. The van der Waals surface area contributed by atoms with E-state index in [2.05, 4.69) is 41.2 Å². The molecule has 0 N–H and O–H groups in total. The summed E-state index contributed by atoms with van der Waals surface area (Å²) in [7, 11) is 1.67. The van der Waals surface area contributed by atoms with E-state index in [0.29, 0.717) is 13.0 Å². The van der Waals surface area contributed by atoms with E-state index in [9.17, 15) is 4.79 Å². The second-order valence-corrected chi connectivity index (χ2v) is 7.20. The van der Waals surface area contributed by atoms with Crippen LogP contribution in [0.25, 0.3) is 10.9 Å². The van der Waals surface area contributed by atoms with E-state index in [1.807, 2.05) is 34.0 Å². The second-order valence-electron chi connectivity index (χ2n) is 7.20. The van der Waals surface area contributed by atoms with E-state index in [1.54, 1.807) is 7.11 Å². The highest BCUT2D eigenvalue weighted by Gasteiger charge is 2.21. The molecule has 1 fully saturated rings. The van der Waals surface area contributed by atoms with Gasteiger partial charge in [-0.3, -0.25) is 9.48 Å². The molecular formula is C22H26N4O2. The molecule has 0 saturated carbocycles. The number of amides is 1. The van der Waals surface area contributed by atoms with Crippen LogP contribution < -0.4 is 9.64 Å². The predicted octanol–water partition coefficient (Wildman–Crippen LogP) is 3.09. The zero-order chi connectivity index (χ0) is 19.5. The van der Waals surface area contributed by atoms with E-state index < -0.39 is 0 Å². The molecule has 0 spiro atoms. The molecule has 6 nitrogen and oxygen atoms in total. The minimum atomic E-state index is 0.201. The van der Waals surface area contributed by atoms with Gasteiger partial charge in [0, 0.05) is 43.7 Å². The summed E-state index contributed by atoms with van der Waals surface area (Å²) in [5, 5.41) is 5.59. The number of aryl methyl sites for hydroxylation is 2. The van der Waals surface area contributed by atoms with Gasteiger partial charge in [-0.2, -0.15) is 5.10 Å². The summed E-state index contributed by atoms with van der Waals surface area (Å²) in [4.78, 5) is 17.0. The topological polar surface area (TPSA) is 50.6 Å². The lowest BCUT2D eigenvalue weighted by atomic mass is 10.2. The number of hydrogen-bond donors (Lipinski definition) is 0. The molecule has 0 aliphatic carbocycles. The number of nitrogens with zero attached hydrogens (tertiary/aromatic N) is 4. The third-order valence-corrected chi connectivity index (χ3v) is 5.47. The van der Waals surface area contributed by atoms with Crippen LogP contribution in [-0.4, -0.2) is 53.9 Å². The molecule has 28 heavy (non-hydrogen) atoms. The summed E-state index contributed by atoms with van der Waals surface area (Å²) < 4.78 is 7.17. The van der Waals surface area contributed by atoms with Crippen molar-refractivity contribution >= 4 is 22.5 Å². The van der Waals surface area contributed by atoms with Crippen LogP contribution in [-0.2, 0) is 11.3 Å². The number of carbonyl (C=O) groups is 1. The fourth-order valence-corrected chi connectivity index (χ4v) is 3.86. The largest absolute Gasteiger partial charge is 0.497 e. The van der Waals surface area contributed by atoms with Crippen molar-refractivity contribution < 1.29 is 9.53 Å². The summed E-state index contributed by atoms with van der Waals surface area (Å²) in [5.74, 6) is 1.06. The zero-order valence-corrected chi connectivity index (χ0v) is 16.5. The van der Waals surface area contributed by atoms with Crippen LogP contribution in [0.2, 0.25) is 0 Å². The average molecular weight is 378 g/mol. The minimum absolute atomic E-state index is 0.201. The number of fused-ring (bicyclic) bond motifs is 1. The van der Waals surface area contributed by atoms with Crippen LogP contribution in [0.4, 0.5) is 5.69 Å². The Bertz CT molecular complexity index is 956. The van der Waals surface area contributed by atoms with Gasteiger partial charge in [0.05, 0.1) is 25.4 Å². The van der Waals surface area contributed by atoms with Gasteiger partial charge in [0.25, 0.3) is 0 Å². The maximum absolute atomic E-state index is 12.7. The van der Waals surface area contributed by atoms with Gasteiger partial charge < -0.3 is 14.5 Å². The Labute approximate surface area is 165 Å². The van der Waals surface area contributed by atoms with Crippen LogP contribution in [0, 0.1) is 6.92 Å². The molecule has 0 bridgehead atoms. The first-order chi connectivity index (χ1) is 13.7. The Morgan fingerprint density at radius 3 is 2.54 bits per heavy atom. The number of hydrogen-bond acceptors (Lipinski definition) is 4. The number of para-hydroxylation sites is 1. The number of rotatable bonds is 5. The van der Waals surface area contributed by atoms with Crippen molar-refractivity contribution in [2.45, 2.75) is 19.9 Å². The Kier molecular flexibility index (Phi) is 5.19. The molecule has 1 amide bonds. The van der Waals surface area contributed by atoms with Gasteiger partial charge in [-0.05, 0) is 36.8 Å². The van der Waals surface area contributed by atoms with Gasteiger partial charge in [0.15, 0.2) is 0 Å². The number of ether oxygens (including phenoxy) is 1. The van der Waals surface area contributed by atoms with Crippen molar-refractivity contribution in [3.8, 4) is 5.75 Å². The smallest absolute Gasteiger partial charge is 0.224 e. The molecule has 0 radical (unpaired) electrons. The lowest BCUT2D eigenvalue weighted by Gasteiger charge is -2.36. The molecule has 2 aromatic carbocycles. The van der Waals surface area contributed by atoms with Gasteiger partial charge in [-0.1, -0.05) is 18.2 Å². The molecule has 0 atom stereocenters. The van der Waals surface area contributed by atoms with Crippen LogP contribution in [0.5, 0.6) is 5.75 Å². The third-order valence-electron chi connectivity index (χ3n) is 5.47. The molecule has 1 aromatic heterocycles. The summed E-state index contributed by atoms with van der Waals surface area (Å²) >= 11 is 0. The Balaban J connectivity index is 1.32. The lowest BCUT2D eigenvalue weighted by molar-refractivity contribution is -0.131. The lowest BCUT2D eigenvalue weighted by Crippen LogP contribution is -2.49. The van der Waals surface area contributed by atoms with E-state index >= 15 is 0 Å². The molecule has 1 aliphatic heterocycles. The van der Waals surface area contributed by atoms with E-state index in [0.717, 1.165) is 42.8 Å². The summed E-state index contributed by atoms with van der Waals surface area (Å²) in [6.07, 6.45) is 2.36. The Morgan fingerprint density at radius 1 is 1.07 bits per heavy atom. The van der Waals surface area contributed by atoms with Crippen molar-refractivity contribution in [3.05, 3.63) is 54.2 Å². The molecule has 3 aromatic rings. The first-order valence-electron chi connectivity index (χ1n) is 9.73. The van der Waals surface area contributed by atoms with E-state index in [-0.39, 0.29) is 5.91 Å². The first-order valence-corrected chi connectivity index (χ1v) is 9.73. The number of piperazine rings is 1. The highest BCUT2D eigenvalue weighted by atomic mass is 16.5. The molecule has 4 rings (SSSR count). The molecule has 1 aliphatic rings. The standard InChI is InChI=1S/C22H26N4O2/c1-17-4-3-5-18-16-23-26(22(17)18)11-10-21(27)25-14-12-24(13-15-25)19-6-8-20(28-2)9-7-19/h3-9,16H,10-15H2,1-2H3. The number of aromatic nitrogens is 2. The third kappa shape index (κ3) is 3.67. The van der Waals surface area contributed by atoms with Crippen LogP contribution in [0.15, 0.2) is 48.7 Å².